The maximum absolute atomic E-state index is 12.5. The quantitative estimate of drug-likeness (QED) is 0.565. The summed E-state index contributed by atoms with van der Waals surface area (Å²) in [5.74, 6) is 0.251. The molecule has 0 spiro atoms. The number of hydrogen-bond donors (Lipinski definition) is 0. The third kappa shape index (κ3) is 1.86. The first-order chi connectivity index (χ1) is 4.70. The molecule has 0 N–H and O–H groups in total. The number of nitrogens with zero attached hydrogens (tertiary/aromatic N) is 2. The van der Waals surface area contributed by atoms with Crippen molar-refractivity contribution in [3.8, 4) is 0 Å². The third-order valence-corrected chi connectivity index (χ3v) is 1.57. The van der Waals surface area contributed by atoms with Gasteiger partial charge >= 0.3 is 0 Å². The fraction of sp³-hybridized carbons (Fsp3) is 0.333. The molecule has 2 nitrogen and oxygen atoms in total. The van der Waals surface area contributed by atoms with Gasteiger partial charge in [0.25, 0.3) is 0 Å². The fourth-order valence-corrected chi connectivity index (χ4v) is 0.874. The van der Waals surface area contributed by atoms with Gasteiger partial charge in [0, 0.05) is 11.9 Å². The van der Waals surface area contributed by atoms with E-state index in [0.717, 1.165) is 5.69 Å². The highest BCUT2D eigenvalue weighted by Gasteiger charge is 2.06. The van der Waals surface area contributed by atoms with Crippen LogP contribution in [0.2, 0.25) is 0 Å². The van der Waals surface area contributed by atoms with Gasteiger partial charge in [0.2, 0.25) is 4.18 Å². The second kappa shape index (κ2) is 3.23. The summed E-state index contributed by atoms with van der Waals surface area (Å²) in [6, 6.07) is 1.74. The van der Waals surface area contributed by atoms with Crippen molar-refractivity contribution in [2.75, 3.05) is 0 Å². The number of hydrogen-bond acceptors (Lipinski definition) is 2. The zero-order valence-corrected chi connectivity index (χ0v) is 7.54. The first-order valence-electron chi connectivity index (χ1n) is 2.78. The van der Waals surface area contributed by atoms with E-state index in [0.29, 0.717) is 0 Å². The third-order valence-electron chi connectivity index (χ3n) is 1.01. The summed E-state index contributed by atoms with van der Waals surface area (Å²) in [4.78, 5) is 7.62. The Morgan fingerprint density at radius 2 is 2.40 bits per heavy atom. The molecule has 0 saturated carbocycles. The molecule has 0 aliphatic heterocycles. The van der Waals surface area contributed by atoms with E-state index in [-0.39, 0.29) is 5.82 Å². The number of rotatable bonds is 1. The first kappa shape index (κ1) is 7.84. The van der Waals surface area contributed by atoms with Crippen LogP contribution in [0.5, 0.6) is 0 Å². The van der Waals surface area contributed by atoms with Crippen LogP contribution in [0.4, 0.5) is 4.39 Å². The zero-order valence-electron chi connectivity index (χ0n) is 5.38. The van der Waals surface area contributed by atoms with Crippen molar-refractivity contribution in [2.45, 2.75) is 11.1 Å². The molecule has 0 radical (unpaired) electrons. The first-order valence-corrected chi connectivity index (χ1v) is 4.02. The normalized spacial score (nSPS) is 13.1. The molecule has 1 aromatic heterocycles. The highest BCUT2D eigenvalue weighted by Crippen LogP contribution is 2.19. The van der Waals surface area contributed by atoms with E-state index in [2.05, 4.69) is 9.97 Å². The Bertz CT molecular complexity index is 227. The van der Waals surface area contributed by atoms with E-state index >= 15 is 0 Å². The fourth-order valence-electron chi connectivity index (χ4n) is 0.573. The van der Waals surface area contributed by atoms with Crippen LogP contribution in [-0.4, -0.2) is 9.97 Å². The van der Waals surface area contributed by atoms with Crippen molar-refractivity contribution in [1.29, 1.82) is 0 Å². The van der Waals surface area contributed by atoms with Gasteiger partial charge in [-0.2, -0.15) is 0 Å². The Balaban J connectivity index is 2.96. The lowest BCUT2D eigenvalue weighted by Crippen LogP contribution is -1.94. The molecular formula is C6H6FIN2. The summed E-state index contributed by atoms with van der Waals surface area (Å²) in [5.41, 5.74) is 0.796. The smallest absolute Gasteiger partial charge is 0.210 e. The van der Waals surface area contributed by atoms with Gasteiger partial charge in [0.1, 0.15) is 0 Å². The van der Waals surface area contributed by atoms with Gasteiger partial charge in [0.05, 0.1) is 0 Å². The number of aromatic nitrogens is 2. The minimum atomic E-state index is -1.10. The van der Waals surface area contributed by atoms with Gasteiger partial charge in [-0.25, -0.2) is 14.4 Å². The van der Waals surface area contributed by atoms with Crippen LogP contribution in [0.3, 0.4) is 0 Å². The Labute approximate surface area is 72.0 Å². The molecule has 1 heterocycles. The molecule has 4 heteroatoms. The second-order valence-electron chi connectivity index (χ2n) is 1.86. The Kier molecular flexibility index (Phi) is 2.53. The number of alkyl halides is 2. The molecule has 0 fully saturated rings. The van der Waals surface area contributed by atoms with Crippen LogP contribution in [-0.2, 0) is 0 Å². The Morgan fingerprint density at radius 3 is 2.80 bits per heavy atom. The van der Waals surface area contributed by atoms with E-state index < -0.39 is 4.18 Å². The van der Waals surface area contributed by atoms with Gasteiger partial charge in [-0.05, 0) is 35.6 Å². The number of aryl methyl sites for hydroxylation is 1. The molecule has 1 atom stereocenters. The highest BCUT2D eigenvalue weighted by molar-refractivity contribution is 14.1. The van der Waals surface area contributed by atoms with Gasteiger partial charge < -0.3 is 0 Å². The topological polar surface area (TPSA) is 25.8 Å². The minimum absolute atomic E-state index is 0.251. The van der Waals surface area contributed by atoms with Crippen molar-refractivity contribution in [2.24, 2.45) is 0 Å². The van der Waals surface area contributed by atoms with Gasteiger partial charge in [-0.3, -0.25) is 0 Å². The summed E-state index contributed by atoms with van der Waals surface area (Å²) < 4.78 is 11.4. The molecule has 54 valence electrons. The average molecular weight is 252 g/mol. The molecule has 0 amide bonds. The van der Waals surface area contributed by atoms with Crippen molar-refractivity contribution in [1.82, 2.24) is 9.97 Å². The highest BCUT2D eigenvalue weighted by atomic mass is 127. The average Bonchev–Trinajstić information content (AvgIpc) is 1.88. The van der Waals surface area contributed by atoms with Gasteiger partial charge in [-0.15, -0.1) is 0 Å². The van der Waals surface area contributed by atoms with Gasteiger partial charge in [0.15, 0.2) is 5.82 Å². The molecular weight excluding hydrogens is 246 g/mol. The van der Waals surface area contributed by atoms with Crippen LogP contribution in [0.1, 0.15) is 15.7 Å². The maximum Gasteiger partial charge on any atom is 0.210 e. The lowest BCUT2D eigenvalue weighted by molar-refractivity contribution is 0.470. The summed E-state index contributed by atoms with van der Waals surface area (Å²) in [6.45, 7) is 1.81. The van der Waals surface area contributed by atoms with Crippen LogP contribution in [0.15, 0.2) is 12.3 Å². The summed E-state index contributed by atoms with van der Waals surface area (Å²) in [6.07, 6.45) is 1.56. The molecule has 10 heavy (non-hydrogen) atoms. The molecule has 1 rings (SSSR count). The zero-order chi connectivity index (χ0) is 7.56. The van der Waals surface area contributed by atoms with Crippen molar-refractivity contribution in [3.63, 3.8) is 0 Å². The van der Waals surface area contributed by atoms with Crippen LogP contribution in [0, 0.1) is 6.92 Å². The van der Waals surface area contributed by atoms with E-state index in [4.69, 9.17) is 0 Å². The standard InChI is InChI=1S/C6H6FIN2/c1-4-2-3-9-6(10-4)5(7)8/h2-3,5H,1H3. The molecule has 1 aromatic rings. The van der Waals surface area contributed by atoms with Crippen molar-refractivity contribution in [3.05, 3.63) is 23.8 Å². The molecule has 0 aliphatic rings. The number of halogens is 2. The monoisotopic (exact) mass is 252 g/mol. The van der Waals surface area contributed by atoms with E-state index in [1.807, 2.05) is 6.92 Å². The molecule has 0 saturated heterocycles. The minimum Gasteiger partial charge on any atom is -0.238 e. The SMILES string of the molecule is Cc1ccnc(C(F)I)n1. The molecule has 0 aliphatic carbocycles. The lowest BCUT2D eigenvalue weighted by atomic mass is 10.4. The molecule has 1 unspecified atom stereocenters. The molecule has 0 bridgehead atoms. The summed E-state index contributed by atoms with van der Waals surface area (Å²) in [5, 5.41) is 0. The van der Waals surface area contributed by atoms with Gasteiger partial charge in [-0.1, -0.05) is 0 Å². The maximum atomic E-state index is 12.5. The van der Waals surface area contributed by atoms with Crippen LogP contribution < -0.4 is 0 Å². The van der Waals surface area contributed by atoms with E-state index in [9.17, 15) is 4.39 Å². The van der Waals surface area contributed by atoms with Crippen molar-refractivity contribution < 1.29 is 4.39 Å². The van der Waals surface area contributed by atoms with E-state index in [1.54, 1.807) is 34.9 Å². The molecule has 0 aromatic carbocycles. The van der Waals surface area contributed by atoms with Crippen LogP contribution in [0.25, 0.3) is 0 Å². The van der Waals surface area contributed by atoms with E-state index in [1.165, 1.54) is 0 Å². The van der Waals surface area contributed by atoms with Crippen molar-refractivity contribution >= 4 is 22.6 Å². The summed E-state index contributed by atoms with van der Waals surface area (Å²) >= 11 is 1.63. The lowest BCUT2D eigenvalue weighted by Gasteiger charge is -1.97. The Hall–Kier alpha value is -0.260. The van der Waals surface area contributed by atoms with Crippen LogP contribution >= 0.6 is 22.6 Å². The second-order valence-corrected chi connectivity index (χ2v) is 2.95. The largest absolute Gasteiger partial charge is 0.238 e. The Morgan fingerprint density at radius 1 is 1.70 bits per heavy atom. The summed E-state index contributed by atoms with van der Waals surface area (Å²) in [7, 11) is 0. The predicted molar refractivity (Wildman–Crippen MR) is 44.6 cm³/mol. The predicted octanol–water partition coefficient (Wildman–Crippen LogP) is 2.19.